The van der Waals surface area contributed by atoms with Gasteiger partial charge < -0.3 is 15.8 Å². The Balaban J connectivity index is 4.00. The third-order valence-electron chi connectivity index (χ3n) is 3.21. The monoisotopic (exact) mass is 256 g/mol. The van der Waals surface area contributed by atoms with Crippen molar-refractivity contribution in [2.75, 3.05) is 6.54 Å². The number of Topliss-reactive ketones (excluding diaryl/α,β-unsaturated/α-hetero) is 1. The summed E-state index contributed by atoms with van der Waals surface area (Å²) in [5, 5.41) is 2.46. The van der Waals surface area contributed by atoms with Crippen LogP contribution in [-0.4, -0.2) is 24.6 Å². The highest BCUT2D eigenvalue weighted by Gasteiger charge is 2.20. The van der Waals surface area contributed by atoms with Crippen molar-refractivity contribution in [3.63, 3.8) is 0 Å². The standard InChI is InChI=1S/C13H24N2O3/c1-9(2)10(3)12(17)7-11(8-16)5-4-6-15-13(14)18/h8-11H,4-7H2,1-3H3,(H3,14,15,18). The van der Waals surface area contributed by atoms with Crippen molar-refractivity contribution < 1.29 is 14.4 Å². The van der Waals surface area contributed by atoms with Crippen LogP contribution in [0, 0.1) is 17.8 Å². The van der Waals surface area contributed by atoms with Gasteiger partial charge in [0.05, 0.1) is 0 Å². The van der Waals surface area contributed by atoms with E-state index in [4.69, 9.17) is 5.73 Å². The van der Waals surface area contributed by atoms with Gasteiger partial charge in [-0.15, -0.1) is 0 Å². The van der Waals surface area contributed by atoms with Gasteiger partial charge in [0.2, 0.25) is 0 Å². The Morgan fingerprint density at radius 3 is 2.33 bits per heavy atom. The van der Waals surface area contributed by atoms with E-state index >= 15 is 0 Å². The maximum Gasteiger partial charge on any atom is 0.312 e. The molecule has 0 saturated carbocycles. The van der Waals surface area contributed by atoms with Crippen LogP contribution in [0.2, 0.25) is 0 Å². The molecule has 5 nitrogen and oxygen atoms in total. The molecule has 0 radical (unpaired) electrons. The zero-order valence-corrected chi connectivity index (χ0v) is 11.4. The molecule has 0 fully saturated rings. The quantitative estimate of drug-likeness (QED) is 0.484. The number of nitrogens with one attached hydrogen (secondary N) is 1. The third kappa shape index (κ3) is 7.04. The minimum atomic E-state index is -0.567. The molecule has 0 bridgehead atoms. The number of hydrogen-bond acceptors (Lipinski definition) is 3. The summed E-state index contributed by atoms with van der Waals surface area (Å²) in [6.07, 6.45) is 2.37. The Labute approximate surface area is 108 Å². The van der Waals surface area contributed by atoms with Crippen molar-refractivity contribution in [2.45, 2.75) is 40.0 Å². The van der Waals surface area contributed by atoms with Crippen LogP contribution < -0.4 is 11.1 Å². The third-order valence-corrected chi connectivity index (χ3v) is 3.21. The highest BCUT2D eigenvalue weighted by atomic mass is 16.2. The largest absolute Gasteiger partial charge is 0.352 e. The van der Waals surface area contributed by atoms with Crippen LogP contribution in [0.5, 0.6) is 0 Å². The van der Waals surface area contributed by atoms with E-state index in [0.717, 1.165) is 6.29 Å². The molecule has 2 atom stereocenters. The zero-order valence-electron chi connectivity index (χ0n) is 11.4. The highest BCUT2D eigenvalue weighted by Crippen LogP contribution is 2.17. The van der Waals surface area contributed by atoms with Crippen molar-refractivity contribution in [1.82, 2.24) is 5.32 Å². The lowest BCUT2D eigenvalue weighted by molar-refractivity contribution is -0.126. The van der Waals surface area contributed by atoms with Gasteiger partial charge in [-0.05, 0) is 18.8 Å². The molecule has 2 unspecified atom stereocenters. The SMILES string of the molecule is CC(C)C(C)C(=O)CC(C=O)CCCNC(N)=O. The van der Waals surface area contributed by atoms with Crippen molar-refractivity contribution in [2.24, 2.45) is 23.5 Å². The number of primary amides is 1. The van der Waals surface area contributed by atoms with E-state index in [1.807, 2.05) is 20.8 Å². The summed E-state index contributed by atoms with van der Waals surface area (Å²) in [5.41, 5.74) is 4.92. The first-order valence-corrected chi connectivity index (χ1v) is 6.39. The molecule has 0 aromatic heterocycles. The fourth-order valence-electron chi connectivity index (χ4n) is 1.61. The highest BCUT2D eigenvalue weighted by molar-refractivity contribution is 5.83. The van der Waals surface area contributed by atoms with Crippen molar-refractivity contribution in [1.29, 1.82) is 0 Å². The molecule has 2 amide bonds. The van der Waals surface area contributed by atoms with Gasteiger partial charge in [-0.2, -0.15) is 0 Å². The summed E-state index contributed by atoms with van der Waals surface area (Å²) in [4.78, 5) is 33.2. The summed E-state index contributed by atoms with van der Waals surface area (Å²) in [5.74, 6) is 0.149. The smallest absolute Gasteiger partial charge is 0.312 e. The molecule has 0 rings (SSSR count). The number of carbonyl (C=O) groups is 3. The normalized spacial score (nSPS) is 14.0. The fraction of sp³-hybridized carbons (Fsp3) is 0.769. The first kappa shape index (κ1) is 16.6. The summed E-state index contributed by atoms with van der Waals surface area (Å²) < 4.78 is 0. The van der Waals surface area contributed by atoms with Gasteiger partial charge in [0.15, 0.2) is 0 Å². The molecular formula is C13H24N2O3. The van der Waals surface area contributed by atoms with E-state index in [1.54, 1.807) is 0 Å². The molecule has 0 aliphatic carbocycles. The van der Waals surface area contributed by atoms with E-state index in [-0.39, 0.29) is 17.6 Å². The molecule has 18 heavy (non-hydrogen) atoms. The van der Waals surface area contributed by atoms with Crippen molar-refractivity contribution in [3.8, 4) is 0 Å². The van der Waals surface area contributed by atoms with Gasteiger partial charge in [-0.3, -0.25) is 4.79 Å². The number of aldehydes is 1. The molecule has 0 aromatic rings. The number of amides is 2. The van der Waals surface area contributed by atoms with Crippen LogP contribution in [0.25, 0.3) is 0 Å². The van der Waals surface area contributed by atoms with Gasteiger partial charge >= 0.3 is 6.03 Å². The number of hydrogen-bond donors (Lipinski definition) is 2. The average molecular weight is 256 g/mol. The van der Waals surface area contributed by atoms with Crippen LogP contribution >= 0.6 is 0 Å². The molecule has 0 aliphatic rings. The second kappa shape index (κ2) is 8.66. The molecule has 3 N–H and O–H groups in total. The number of urea groups is 1. The molecule has 0 saturated heterocycles. The zero-order chi connectivity index (χ0) is 14.1. The van der Waals surface area contributed by atoms with Crippen LogP contribution in [-0.2, 0) is 9.59 Å². The minimum absolute atomic E-state index is 0.0174. The lowest BCUT2D eigenvalue weighted by Crippen LogP contribution is -2.30. The topological polar surface area (TPSA) is 89.3 Å². The van der Waals surface area contributed by atoms with Crippen LogP contribution in [0.15, 0.2) is 0 Å². The van der Waals surface area contributed by atoms with E-state index in [0.29, 0.717) is 31.7 Å². The van der Waals surface area contributed by atoms with Gasteiger partial charge in [0.25, 0.3) is 0 Å². The Morgan fingerprint density at radius 1 is 1.28 bits per heavy atom. The lowest BCUT2D eigenvalue weighted by Gasteiger charge is -2.16. The van der Waals surface area contributed by atoms with Crippen LogP contribution in [0.1, 0.15) is 40.0 Å². The predicted molar refractivity (Wildman–Crippen MR) is 70.0 cm³/mol. The van der Waals surface area contributed by atoms with Crippen LogP contribution in [0.3, 0.4) is 0 Å². The van der Waals surface area contributed by atoms with E-state index in [9.17, 15) is 14.4 Å². The minimum Gasteiger partial charge on any atom is -0.352 e. The Morgan fingerprint density at radius 2 is 1.89 bits per heavy atom. The molecule has 104 valence electrons. The summed E-state index contributed by atoms with van der Waals surface area (Å²) in [6.45, 7) is 6.32. The van der Waals surface area contributed by atoms with Crippen molar-refractivity contribution >= 4 is 18.1 Å². The maximum atomic E-state index is 11.8. The van der Waals surface area contributed by atoms with E-state index in [2.05, 4.69) is 5.32 Å². The maximum absolute atomic E-state index is 11.8. The van der Waals surface area contributed by atoms with E-state index < -0.39 is 6.03 Å². The number of ketones is 1. The molecule has 5 heteroatoms. The van der Waals surface area contributed by atoms with E-state index in [1.165, 1.54) is 0 Å². The first-order chi connectivity index (χ1) is 8.38. The van der Waals surface area contributed by atoms with Gasteiger partial charge in [0.1, 0.15) is 12.1 Å². The number of nitrogens with two attached hydrogens (primary N) is 1. The second-order valence-corrected chi connectivity index (χ2v) is 5.03. The Bertz CT molecular complexity index is 290. The average Bonchev–Trinajstić information content (AvgIpc) is 2.31. The van der Waals surface area contributed by atoms with Gasteiger partial charge in [-0.1, -0.05) is 20.8 Å². The van der Waals surface area contributed by atoms with Crippen LogP contribution in [0.4, 0.5) is 4.79 Å². The summed E-state index contributed by atoms with van der Waals surface area (Å²) >= 11 is 0. The molecule has 0 heterocycles. The lowest BCUT2D eigenvalue weighted by atomic mass is 9.87. The fourth-order valence-corrected chi connectivity index (χ4v) is 1.61. The first-order valence-electron chi connectivity index (χ1n) is 6.39. The van der Waals surface area contributed by atoms with Crippen molar-refractivity contribution in [3.05, 3.63) is 0 Å². The number of carbonyl (C=O) groups excluding carboxylic acids is 3. The molecule has 0 aromatic carbocycles. The van der Waals surface area contributed by atoms with Gasteiger partial charge in [0, 0.05) is 24.8 Å². The van der Waals surface area contributed by atoms with Gasteiger partial charge in [-0.25, -0.2) is 4.79 Å². The predicted octanol–water partition coefficient (Wildman–Crippen LogP) is 1.50. The molecule has 0 spiro atoms. The number of rotatable bonds is 9. The Kier molecular flexibility index (Phi) is 8.00. The second-order valence-electron chi connectivity index (χ2n) is 5.03. The summed E-state index contributed by atoms with van der Waals surface area (Å²) in [7, 11) is 0. The Hall–Kier alpha value is -1.39. The summed E-state index contributed by atoms with van der Waals surface area (Å²) in [6, 6.07) is -0.567. The molecule has 0 aliphatic heterocycles. The molecular weight excluding hydrogens is 232 g/mol.